The van der Waals surface area contributed by atoms with Crippen LogP contribution in [0.25, 0.3) is 0 Å². The van der Waals surface area contributed by atoms with Crippen molar-refractivity contribution in [3.05, 3.63) is 29.3 Å². The number of carboxylic acid groups (broad SMARTS) is 1. The molecule has 1 saturated carbocycles. The summed E-state index contributed by atoms with van der Waals surface area (Å²) in [7, 11) is 0. The molecular formula is C15H18F3NO2. The van der Waals surface area contributed by atoms with Crippen LogP contribution in [0.5, 0.6) is 0 Å². The summed E-state index contributed by atoms with van der Waals surface area (Å²) in [5.41, 5.74) is 5.04. The normalized spacial score (nSPS) is 17.9. The van der Waals surface area contributed by atoms with Crippen molar-refractivity contribution in [1.82, 2.24) is 0 Å². The number of benzene rings is 1. The highest BCUT2D eigenvalue weighted by Crippen LogP contribution is 2.38. The van der Waals surface area contributed by atoms with Crippen molar-refractivity contribution in [2.45, 2.75) is 44.2 Å². The summed E-state index contributed by atoms with van der Waals surface area (Å²) in [4.78, 5) is 11.5. The monoisotopic (exact) mass is 301 g/mol. The maximum atomic E-state index is 12.8. The largest absolute Gasteiger partial charge is 0.481 e. The highest BCUT2D eigenvalue weighted by Gasteiger charge is 2.33. The number of hydrogen-bond acceptors (Lipinski definition) is 2. The molecule has 0 amide bonds. The minimum atomic E-state index is -4.50. The number of halogens is 3. The third kappa shape index (κ3) is 3.68. The average molecular weight is 301 g/mol. The van der Waals surface area contributed by atoms with Gasteiger partial charge in [-0.15, -0.1) is 0 Å². The van der Waals surface area contributed by atoms with E-state index in [1.54, 1.807) is 0 Å². The predicted molar refractivity (Wildman–Crippen MR) is 72.8 cm³/mol. The molecule has 116 valence electrons. The first kappa shape index (κ1) is 15.7. The molecule has 0 saturated heterocycles. The summed E-state index contributed by atoms with van der Waals surface area (Å²) >= 11 is 0. The highest BCUT2D eigenvalue weighted by molar-refractivity contribution is 5.78. The fourth-order valence-corrected chi connectivity index (χ4v) is 2.99. The van der Waals surface area contributed by atoms with E-state index in [4.69, 9.17) is 5.73 Å². The molecule has 0 bridgehead atoms. The fraction of sp³-hybridized carbons (Fsp3) is 0.533. The van der Waals surface area contributed by atoms with E-state index in [-0.39, 0.29) is 17.2 Å². The lowest BCUT2D eigenvalue weighted by Crippen LogP contribution is -2.18. The highest BCUT2D eigenvalue weighted by atomic mass is 19.4. The van der Waals surface area contributed by atoms with Gasteiger partial charge in [-0.1, -0.05) is 25.7 Å². The minimum Gasteiger partial charge on any atom is -0.481 e. The van der Waals surface area contributed by atoms with Crippen molar-refractivity contribution in [3.63, 3.8) is 0 Å². The molecule has 3 N–H and O–H groups in total. The first-order chi connectivity index (χ1) is 9.79. The van der Waals surface area contributed by atoms with E-state index < -0.39 is 23.6 Å². The lowest BCUT2D eigenvalue weighted by molar-refractivity contribution is -0.140. The van der Waals surface area contributed by atoms with Gasteiger partial charge in [-0.05, 0) is 36.1 Å². The van der Waals surface area contributed by atoms with Crippen molar-refractivity contribution in [3.8, 4) is 0 Å². The Hall–Kier alpha value is -1.72. The van der Waals surface area contributed by atoms with Gasteiger partial charge >= 0.3 is 12.1 Å². The van der Waals surface area contributed by atoms with Gasteiger partial charge < -0.3 is 10.8 Å². The van der Waals surface area contributed by atoms with Gasteiger partial charge in [0, 0.05) is 5.69 Å². The molecular weight excluding hydrogens is 283 g/mol. The molecule has 3 nitrogen and oxygen atoms in total. The Morgan fingerprint density at radius 2 is 1.95 bits per heavy atom. The van der Waals surface area contributed by atoms with E-state index in [0.29, 0.717) is 6.42 Å². The summed E-state index contributed by atoms with van der Waals surface area (Å²) in [6, 6.07) is 2.90. The zero-order valence-electron chi connectivity index (χ0n) is 11.5. The van der Waals surface area contributed by atoms with Crippen molar-refractivity contribution in [2.75, 3.05) is 5.73 Å². The van der Waals surface area contributed by atoms with Gasteiger partial charge in [0.2, 0.25) is 0 Å². The molecule has 6 heteroatoms. The van der Waals surface area contributed by atoms with Crippen LogP contribution in [0.1, 0.15) is 49.1 Å². The van der Waals surface area contributed by atoms with Crippen LogP contribution in [0, 0.1) is 5.92 Å². The molecule has 0 aliphatic heterocycles. The first-order valence-electron chi connectivity index (χ1n) is 6.98. The van der Waals surface area contributed by atoms with E-state index in [1.165, 1.54) is 0 Å². The standard InChI is InChI=1S/C15H18F3NO2/c16-15(17,18)10-5-6-13(19)11(8-10)12(14(20)21)7-9-3-1-2-4-9/h5-6,8-9,12H,1-4,7,19H2,(H,20,21). The molecule has 2 rings (SSSR count). The van der Waals surface area contributed by atoms with Crippen LogP contribution in [0.15, 0.2) is 18.2 Å². The number of carboxylic acids is 1. The molecule has 1 aromatic rings. The van der Waals surface area contributed by atoms with E-state index in [1.807, 2.05) is 0 Å². The number of rotatable bonds is 4. The molecule has 1 unspecified atom stereocenters. The van der Waals surface area contributed by atoms with E-state index >= 15 is 0 Å². The lowest BCUT2D eigenvalue weighted by Gasteiger charge is -2.20. The number of carbonyl (C=O) groups is 1. The molecule has 1 aromatic carbocycles. The van der Waals surface area contributed by atoms with Crippen molar-refractivity contribution >= 4 is 11.7 Å². The number of aliphatic carboxylic acids is 1. The molecule has 1 atom stereocenters. The number of hydrogen-bond donors (Lipinski definition) is 2. The molecule has 0 spiro atoms. The Morgan fingerprint density at radius 3 is 2.48 bits per heavy atom. The first-order valence-corrected chi connectivity index (χ1v) is 6.98. The molecule has 1 fully saturated rings. The molecule has 1 aliphatic rings. The summed E-state index contributed by atoms with van der Waals surface area (Å²) in [6.07, 6.45) is -0.185. The Morgan fingerprint density at radius 1 is 1.33 bits per heavy atom. The fourth-order valence-electron chi connectivity index (χ4n) is 2.99. The van der Waals surface area contributed by atoms with Crippen molar-refractivity contribution < 1.29 is 23.1 Å². The molecule has 0 radical (unpaired) electrons. The Balaban J connectivity index is 2.32. The zero-order chi connectivity index (χ0) is 15.6. The van der Waals surface area contributed by atoms with Crippen LogP contribution in [-0.2, 0) is 11.0 Å². The van der Waals surface area contributed by atoms with Gasteiger partial charge in [-0.3, -0.25) is 4.79 Å². The van der Waals surface area contributed by atoms with E-state index in [9.17, 15) is 23.1 Å². The quantitative estimate of drug-likeness (QED) is 0.825. The number of alkyl halides is 3. The van der Waals surface area contributed by atoms with Crippen LogP contribution in [0.3, 0.4) is 0 Å². The third-order valence-corrected chi connectivity index (χ3v) is 4.13. The van der Waals surface area contributed by atoms with Crippen molar-refractivity contribution in [1.29, 1.82) is 0 Å². The summed E-state index contributed by atoms with van der Waals surface area (Å²) in [5, 5.41) is 9.37. The second kappa shape index (κ2) is 5.95. The summed E-state index contributed by atoms with van der Waals surface area (Å²) in [6.45, 7) is 0. The SMILES string of the molecule is Nc1ccc(C(F)(F)F)cc1C(CC1CCCC1)C(=O)O. The smallest absolute Gasteiger partial charge is 0.416 e. The zero-order valence-corrected chi connectivity index (χ0v) is 11.5. The number of nitrogen functional groups attached to an aromatic ring is 1. The van der Waals surface area contributed by atoms with Crippen LogP contribution in [-0.4, -0.2) is 11.1 Å². The second-order valence-electron chi connectivity index (χ2n) is 5.62. The minimum absolute atomic E-state index is 0.0734. The van der Waals surface area contributed by atoms with Gasteiger partial charge in [0.25, 0.3) is 0 Å². The van der Waals surface area contributed by atoms with Gasteiger partial charge in [0.05, 0.1) is 11.5 Å². The molecule has 1 aliphatic carbocycles. The molecule has 21 heavy (non-hydrogen) atoms. The average Bonchev–Trinajstić information content (AvgIpc) is 2.88. The topological polar surface area (TPSA) is 63.3 Å². The van der Waals surface area contributed by atoms with Crippen molar-refractivity contribution in [2.24, 2.45) is 5.92 Å². The Bertz CT molecular complexity index is 522. The van der Waals surface area contributed by atoms with Gasteiger partial charge in [-0.2, -0.15) is 13.2 Å². The van der Waals surface area contributed by atoms with Crippen LogP contribution in [0.2, 0.25) is 0 Å². The van der Waals surface area contributed by atoms with Crippen LogP contribution < -0.4 is 5.73 Å². The molecule has 0 aromatic heterocycles. The summed E-state index contributed by atoms with van der Waals surface area (Å²) < 4.78 is 38.3. The van der Waals surface area contributed by atoms with E-state index in [2.05, 4.69) is 0 Å². The van der Waals surface area contributed by atoms with Crippen LogP contribution >= 0.6 is 0 Å². The second-order valence-corrected chi connectivity index (χ2v) is 5.62. The Kier molecular flexibility index (Phi) is 4.44. The summed E-state index contributed by atoms with van der Waals surface area (Å²) in [5.74, 6) is -1.84. The molecule has 0 heterocycles. The Labute approximate surface area is 121 Å². The van der Waals surface area contributed by atoms with Gasteiger partial charge in [0.15, 0.2) is 0 Å². The third-order valence-electron chi connectivity index (χ3n) is 4.13. The maximum Gasteiger partial charge on any atom is 0.416 e. The van der Waals surface area contributed by atoms with Gasteiger partial charge in [-0.25, -0.2) is 0 Å². The maximum absolute atomic E-state index is 12.8. The lowest BCUT2D eigenvalue weighted by atomic mass is 9.86. The predicted octanol–water partition coefficient (Wildman–Crippen LogP) is 4.04. The number of anilines is 1. The van der Waals surface area contributed by atoms with E-state index in [0.717, 1.165) is 43.9 Å². The number of nitrogens with two attached hydrogens (primary N) is 1. The van der Waals surface area contributed by atoms with Gasteiger partial charge in [0.1, 0.15) is 0 Å². The van der Waals surface area contributed by atoms with Crippen LogP contribution in [0.4, 0.5) is 18.9 Å².